The minimum absolute atomic E-state index is 0.809. The summed E-state index contributed by atoms with van der Waals surface area (Å²) in [6, 6.07) is 32.8. The molecule has 52 heavy (non-hydrogen) atoms. The van der Waals surface area contributed by atoms with Gasteiger partial charge in [-0.1, -0.05) is 0 Å². The number of hydrogen-bond donors (Lipinski definition) is 4. The van der Waals surface area contributed by atoms with Gasteiger partial charge in [-0.3, -0.25) is 19.9 Å². The van der Waals surface area contributed by atoms with Crippen molar-refractivity contribution in [3.05, 3.63) is 207 Å². The summed E-state index contributed by atoms with van der Waals surface area (Å²) < 4.78 is 3.60. The molecule has 4 N–H and O–H groups in total. The van der Waals surface area contributed by atoms with Gasteiger partial charge in [-0.15, -0.1) is 0 Å². The van der Waals surface area contributed by atoms with E-state index in [-0.39, 0.29) is 0 Å². The molecule has 0 saturated carbocycles. The lowest BCUT2D eigenvalue weighted by Crippen LogP contribution is -2.19. The highest BCUT2D eigenvalue weighted by molar-refractivity contribution is 9.11. The largest absolute Gasteiger partial charge is 0.354 e. The first-order chi connectivity index (χ1) is 25.4. The van der Waals surface area contributed by atoms with Gasteiger partial charge in [0, 0.05) is 65.0 Å². The van der Waals surface area contributed by atoms with Crippen LogP contribution < -0.4 is 21.4 Å². The molecule has 0 unspecified atom stereocenters. The van der Waals surface area contributed by atoms with Crippen LogP contribution in [-0.2, 0) is 0 Å². The van der Waals surface area contributed by atoms with E-state index >= 15 is 0 Å². The number of aromatic nitrogens is 8. The average molecular weight is 936 g/mol. The minimum Gasteiger partial charge on any atom is -0.354 e. The molecule has 252 valence electrons. The Morgan fingerprint density at radius 1 is 0.288 bits per heavy atom. The number of rotatable bonds is 4. The molecule has 0 saturated heterocycles. The van der Waals surface area contributed by atoms with Gasteiger partial charge < -0.3 is 19.9 Å². The van der Waals surface area contributed by atoms with Gasteiger partial charge in [0.05, 0.1) is 66.9 Å². The van der Waals surface area contributed by atoms with E-state index in [1.165, 1.54) is 0 Å². The maximum absolute atomic E-state index is 4.84. The number of nitrogens with zero attached hydrogens (tertiary/aromatic N) is 4. The van der Waals surface area contributed by atoms with Crippen molar-refractivity contribution in [2.75, 3.05) is 0 Å². The first-order valence-electron chi connectivity index (χ1n) is 16.1. The number of hydrogen-bond acceptors (Lipinski definition) is 4. The molecule has 0 amide bonds. The second-order valence-electron chi connectivity index (χ2n) is 12.1. The van der Waals surface area contributed by atoms with Crippen LogP contribution in [0.25, 0.3) is 22.3 Å². The Kier molecular flexibility index (Phi) is 8.62. The molecule has 9 heterocycles. The lowest BCUT2D eigenvalue weighted by molar-refractivity contribution is 1.15. The molecule has 0 aliphatic carbocycles. The van der Waals surface area contributed by atoms with Crippen LogP contribution in [0.3, 0.4) is 0 Å². The maximum Gasteiger partial charge on any atom is 0.0744 e. The Hall–Kier alpha value is -4.88. The van der Waals surface area contributed by atoms with Gasteiger partial charge in [-0.2, -0.15) is 0 Å². The number of halogens is 4. The van der Waals surface area contributed by atoms with Crippen molar-refractivity contribution in [2.45, 2.75) is 0 Å². The number of pyridine rings is 4. The van der Waals surface area contributed by atoms with Crippen molar-refractivity contribution in [1.29, 1.82) is 0 Å². The first-order valence-corrected chi connectivity index (χ1v) is 19.3. The number of aromatic amines is 4. The Morgan fingerprint density at radius 2 is 0.538 bits per heavy atom. The smallest absolute Gasteiger partial charge is 0.0744 e. The van der Waals surface area contributed by atoms with Crippen LogP contribution in [0.4, 0.5) is 0 Å². The van der Waals surface area contributed by atoms with Crippen molar-refractivity contribution in [3.8, 4) is 0 Å². The molecule has 9 rings (SSSR count). The summed E-state index contributed by atoms with van der Waals surface area (Å²) in [5.41, 5.74) is 10.5. The van der Waals surface area contributed by atoms with E-state index in [0.29, 0.717) is 0 Å². The van der Waals surface area contributed by atoms with Crippen LogP contribution >= 0.6 is 63.7 Å². The highest BCUT2D eigenvalue weighted by Crippen LogP contribution is 2.27. The fourth-order valence-electron chi connectivity index (χ4n) is 6.53. The standard InChI is InChI=1S/C40H24Br4N8/c41-21-1-5-25(45-17-21)37-29-9-11-31(49-29)38(26-6-2-22(42)18-46-26)33-13-15-35(51-33)40(28-8-4-24(44)20-48-28)36-16-14-34(52-36)39(32-12-10-30(37)50-32)27-7-3-23(43)19-47-27/h1-20,49-52H. The maximum atomic E-state index is 4.84. The zero-order valence-electron chi connectivity index (χ0n) is 26.8. The zero-order chi connectivity index (χ0) is 35.3. The van der Waals surface area contributed by atoms with E-state index in [4.69, 9.17) is 19.9 Å². The van der Waals surface area contributed by atoms with Crippen LogP contribution in [0, 0.1) is 0 Å². The monoisotopic (exact) mass is 932 g/mol. The summed E-state index contributed by atoms with van der Waals surface area (Å²) in [7, 11) is 0. The highest BCUT2D eigenvalue weighted by Gasteiger charge is 2.19. The molecule has 0 aromatic carbocycles. The number of nitrogens with one attached hydrogen (secondary N) is 4. The minimum atomic E-state index is 0.809. The highest BCUT2D eigenvalue weighted by atomic mass is 79.9. The fraction of sp³-hybridized carbons (Fsp3) is 0. The quantitative estimate of drug-likeness (QED) is 0.153. The van der Waals surface area contributed by atoms with E-state index in [9.17, 15) is 0 Å². The fourth-order valence-corrected chi connectivity index (χ4v) is 7.46. The normalized spacial score (nSPS) is 12.8. The van der Waals surface area contributed by atoms with Gasteiger partial charge in [0.2, 0.25) is 0 Å². The molecule has 0 radical (unpaired) electrons. The zero-order valence-corrected chi connectivity index (χ0v) is 33.2. The molecule has 0 spiro atoms. The molecule has 8 aromatic rings. The van der Waals surface area contributed by atoms with E-state index in [2.05, 4.69) is 132 Å². The summed E-state index contributed by atoms with van der Waals surface area (Å²) in [5.74, 6) is 0. The lowest BCUT2D eigenvalue weighted by atomic mass is 10.1. The van der Waals surface area contributed by atoms with Gasteiger partial charge in [0.1, 0.15) is 0 Å². The third-order valence-corrected chi connectivity index (χ3v) is 10.7. The van der Waals surface area contributed by atoms with Crippen molar-refractivity contribution < 1.29 is 0 Å². The van der Waals surface area contributed by atoms with E-state index < -0.39 is 0 Å². The second kappa shape index (κ2) is 13.6. The lowest BCUT2D eigenvalue weighted by Gasteiger charge is -2.09. The predicted octanol–water partition coefficient (Wildman–Crippen LogP) is 6.93. The van der Waals surface area contributed by atoms with Crippen LogP contribution in [0.15, 0.2) is 140 Å². The van der Waals surface area contributed by atoms with E-state index in [1.807, 2.05) is 73.3 Å². The van der Waals surface area contributed by atoms with E-state index in [1.54, 1.807) is 0 Å². The summed E-state index contributed by atoms with van der Waals surface area (Å²) in [6.45, 7) is 0. The van der Waals surface area contributed by atoms with Crippen molar-refractivity contribution >= 4 is 86.0 Å². The van der Waals surface area contributed by atoms with Crippen LogP contribution in [0.5, 0.6) is 0 Å². The molecule has 8 bridgehead atoms. The molecular formula is C40H24Br4N8. The Bertz CT molecular complexity index is 2470. The Labute approximate surface area is 330 Å². The summed E-state index contributed by atoms with van der Waals surface area (Å²) in [4.78, 5) is 34.3. The summed E-state index contributed by atoms with van der Waals surface area (Å²) in [6.07, 6.45) is 7.27. The van der Waals surface area contributed by atoms with Gasteiger partial charge >= 0.3 is 0 Å². The second-order valence-corrected chi connectivity index (χ2v) is 15.8. The molecule has 12 heteroatoms. The van der Waals surface area contributed by atoms with Crippen molar-refractivity contribution in [1.82, 2.24) is 39.9 Å². The predicted molar refractivity (Wildman–Crippen MR) is 216 cm³/mol. The third-order valence-electron chi connectivity index (χ3n) is 8.83. The molecule has 1 aliphatic heterocycles. The molecule has 8 aromatic heterocycles. The average Bonchev–Trinajstić information content (AvgIpc) is 3.99. The van der Waals surface area contributed by atoms with Crippen LogP contribution in [0.2, 0.25) is 0 Å². The van der Waals surface area contributed by atoms with E-state index in [0.717, 1.165) is 107 Å². The number of H-pyrrole nitrogens is 4. The van der Waals surface area contributed by atoms with Crippen LogP contribution in [0.1, 0.15) is 45.6 Å². The molecule has 0 fully saturated rings. The van der Waals surface area contributed by atoms with Gasteiger partial charge in [-0.05, 0) is 161 Å². The molecular weight excluding hydrogens is 912 g/mol. The topological polar surface area (TPSA) is 115 Å². The number of fused-ring (bicyclic) bond motifs is 8. The third kappa shape index (κ3) is 6.19. The molecule has 8 nitrogen and oxygen atoms in total. The SMILES string of the molecule is Brc1ccc(C2=c3ccc([nH]3)=C(c3ccc(Br)cn3)c3ccc([nH]3)C(c3ccc(Br)cn3)=c3ccc([nH]3)=C(c3ccc(Br)cn3)c3ccc2[nH]3)nc1. The van der Waals surface area contributed by atoms with Gasteiger partial charge in [-0.25, -0.2) is 0 Å². The van der Waals surface area contributed by atoms with Gasteiger partial charge in [0.25, 0.3) is 0 Å². The molecule has 0 atom stereocenters. The van der Waals surface area contributed by atoms with Crippen molar-refractivity contribution in [2.24, 2.45) is 0 Å². The van der Waals surface area contributed by atoms with Crippen molar-refractivity contribution in [3.63, 3.8) is 0 Å². The molecule has 1 aliphatic rings. The summed E-state index contributed by atoms with van der Waals surface area (Å²) >= 11 is 14.3. The Morgan fingerprint density at radius 3 is 0.750 bits per heavy atom. The van der Waals surface area contributed by atoms with Crippen LogP contribution in [-0.4, -0.2) is 39.9 Å². The Balaban J connectivity index is 1.43. The first kappa shape index (κ1) is 33.0. The summed E-state index contributed by atoms with van der Waals surface area (Å²) in [5, 5.41) is 3.57. The van der Waals surface area contributed by atoms with Gasteiger partial charge in [0.15, 0.2) is 0 Å².